The Morgan fingerprint density at radius 2 is 1.23 bits per heavy atom. The van der Waals surface area contributed by atoms with Gasteiger partial charge in [0.1, 0.15) is 23.0 Å². The summed E-state index contributed by atoms with van der Waals surface area (Å²) in [6.45, 7) is 6.52. The fourth-order valence-corrected chi connectivity index (χ4v) is 3.99. The third-order valence-electron chi connectivity index (χ3n) is 5.79. The Hall–Kier alpha value is -3.87. The van der Waals surface area contributed by atoms with Gasteiger partial charge in [0, 0.05) is 59.3 Å². The molecule has 2 aromatic rings. The van der Waals surface area contributed by atoms with Gasteiger partial charge in [-0.25, -0.2) is 8.78 Å². The Kier molecular flexibility index (Phi) is 8.47. The molecule has 2 aliphatic rings. The summed E-state index contributed by atoms with van der Waals surface area (Å²) in [6, 6.07) is 7.24. The lowest BCUT2D eigenvalue weighted by Gasteiger charge is -2.35. The topological polar surface area (TPSA) is 125 Å². The molecule has 11 nitrogen and oxygen atoms in total. The normalized spacial score (nSPS) is 15.8. The van der Waals surface area contributed by atoms with Crippen molar-refractivity contribution in [2.45, 2.75) is 6.92 Å². The van der Waals surface area contributed by atoms with E-state index in [0.29, 0.717) is 50.6 Å². The lowest BCUT2D eigenvalue weighted by molar-refractivity contribution is -0.384. The predicted octanol–water partition coefficient (Wildman–Crippen LogP) is 2.55. The van der Waals surface area contributed by atoms with Gasteiger partial charge >= 0.3 is 0 Å². The van der Waals surface area contributed by atoms with E-state index in [1.54, 1.807) is 9.80 Å². The first-order chi connectivity index (χ1) is 16.7. The average molecular weight is 492 g/mol. The Labute approximate surface area is 200 Å². The number of nitro benzene ring substituents is 2. The molecule has 35 heavy (non-hydrogen) atoms. The molecule has 0 unspecified atom stereocenters. The van der Waals surface area contributed by atoms with Crippen LogP contribution in [0.4, 0.5) is 31.5 Å². The zero-order chi connectivity index (χ0) is 25.5. The van der Waals surface area contributed by atoms with E-state index in [4.69, 9.17) is 0 Å². The standard InChI is InChI=1S/C12H14FN3O3.C10H12FN3O2/c1-9(17)14-4-6-15(7-5-14)11-3-2-10(13)8-12(11)16(18)19;11-8-1-2-9(10(7-8)14(15)16)13-5-3-12-4-6-13/h2-3,8H,4-7H2,1H3;1-2,7,12H,3-6H2. The minimum atomic E-state index is -0.627. The molecule has 1 amide bonds. The quantitative estimate of drug-likeness (QED) is 0.510. The van der Waals surface area contributed by atoms with Crippen molar-refractivity contribution in [3.8, 4) is 0 Å². The molecule has 0 aliphatic carbocycles. The summed E-state index contributed by atoms with van der Waals surface area (Å²) < 4.78 is 26.0. The van der Waals surface area contributed by atoms with E-state index in [9.17, 15) is 33.8 Å². The van der Waals surface area contributed by atoms with Crippen LogP contribution in [0.5, 0.6) is 0 Å². The van der Waals surface area contributed by atoms with Crippen molar-refractivity contribution in [2.75, 3.05) is 62.2 Å². The highest BCUT2D eigenvalue weighted by molar-refractivity contribution is 5.74. The molecular formula is C22H26F2N6O5. The molecule has 0 spiro atoms. The van der Waals surface area contributed by atoms with Crippen LogP contribution < -0.4 is 15.1 Å². The van der Waals surface area contributed by atoms with Crippen LogP contribution in [0.2, 0.25) is 0 Å². The Morgan fingerprint density at radius 3 is 1.63 bits per heavy atom. The number of anilines is 2. The number of benzene rings is 2. The number of hydrogen-bond acceptors (Lipinski definition) is 8. The fraction of sp³-hybridized carbons (Fsp3) is 0.409. The van der Waals surface area contributed by atoms with Gasteiger partial charge in [-0.15, -0.1) is 0 Å². The van der Waals surface area contributed by atoms with Crippen LogP contribution in [0.15, 0.2) is 36.4 Å². The molecule has 13 heteroatoms. The molecule has 1 N–H and O–H groups in total. The molecule has 2 fully saturated rings. The summed E-state index contributed by atoms with van der Waals surface area (Å²) in [5.74, 6) is -1.21. The summed E-state index contributed by atoms with van der Waals surface area (Å²) in [5.41, 5.74) is 0.487. The van der Waals surface area contributed by atoms with Crippen molar-refractivity contribution in [3.63, 3.8) is 0 Å². The fourth-order valence-electron chi connectivity index (χ4n) is 3.99. The number of nitro groups is 2. The molecule has 0 saturated carbocycles. The lowest BCUT2D eigenvalue weighted by atomic mass is 10.2. The molecule has 0 aromatic heterocycles. The van der Waals surface area contributed by atoms with E-state index in [-0.39, 0.29) is 17.3 Å². The highest BCUT2D eigenvalue weighted by atomic mass is 19.1. The maximum Gasteiger partial charge on any atom is 0.295 e. The molecule has 2 aliphatic heterocycles. The van der Waals surface area contributed by atoms with Crippen molar-refractivity contribution in [2.24, 2.45) is 0 Å². The van der Waals surface area contributed by atoms with Crippen LogP contribution >= 0.6 is 0 Å². The monoisotopic (exact) mass is 492 g/mol. The van der Waals surface area contributed by atoms with Crippen LogP contribution in [-0.2, 0) is 4.79 Å². The Morgan fingerprint density at radius 1 is 0.800 bits per heavy atom. The number of nitrogens with zero attached hydrogens (tertiary/aromatic N) is 5. The van der Waals surface area contributed by atoms with Gasteiger partial charge in [-0.3, -0.25) is 25.0 Å². The molecule has 188 valence electrons. The molecular weight excluding hydrogens is 466 g/mol. The van der Waals surface area contributed by atoms with Crippen molar-refractivity contribution in [3.05, 3.63) is 68.3 Å². The van der Waals surface area contributed by atoms with E-state index in [2.05, 4.69) is 5.32 Å². The number of hydrogen-bond donors (Lipinski definition) is 1. The first kappa shape index (κ1) is 25.7. The van der Waals surface area contributed by atoms with Crippen molar-refractivity contribution >= 4 is 28.7 Å². The third kappa shape index (κ3) is 6.59. The minimum absolute atomic E-state index is 0.00624. The Balaban J connectivity index is 0.000000198. The van der Waals surface area contributed by atoms with E-state index in [1.165, 1.54) is 31.2 Å². The molecule has 2 aromatic carbocycles. The third-order valence-corrected chi connectivity index (χ3v) is 5.79. The highest BCUT2D eigenvalue weighted by Gasteiger charge is 2.25. The van der Waals surface area contributed by atoms with E-state index in [1.807, 2.05) is 4.90 Å². The van der Waals surface area contributed by atoms with Gasteiger partial charge in [-0.2, -0.15) is 0 Å². The Bertz CT molecular complexity index is 1090. The summed E-state index contributed by atoms with van der Waals surface area (Å²) in [6.07, 6.45) is 0. The van der Waals surface area contributed by atoms with Gasteiger partial charge in [0.25, 0.3) is 11.4 Å². The largest absolute Gasteiger partial charge is 0.363 e. The molecule has 2 heterocycles. The molecule has 0 bridgehead atoms. The van der Waals surface area contributed by atoms with Gasteiger partial charge in [0.05, 0.1) is 22.0 Å². The van der Waals surface area contributed by atoms with Crippen LogP contribution in [0.1, 0.15) is 6.92 Å². The maximum absolute atomic E-state index is 13.1. The van der Waals surface area contributed by atoms with Crippen LogP contribution in [0, 0.1) is 31.9 Å². The van der Waals surface area contributed by atoms with Gasteiger partial charge in [0.15, 0.2) is 0 Å². The first-order valence-electron chi connectivity index (χ1n) is 11.0. The first-order valence-corrected chi connectivity index (χ1v) is 11.0. The highest BCUT2D eigenvalue weighted by Crippen LogP contribution is 2.30. The second-order valence-corrected chi connectivity index (χ2v) is 8.01. The zero-order valence-electron chi connectivity index (χ0n) is 19.2. The van der Waals surface area contributed by atoms with Gasteiger partial charge in [0.2, 0.25) is 5.91 Å². The number of carbonyl (C=O) groups excluding carboxylic acids is 1. The number of halogens is 2. The minimum Gasteiger partial charge on any atom is -0.363 e. The summed E-state index contributed by atoms with van der Waals surface area (Å²) >= 11 is 0. The van der Waals surface area contributed by atoms with Crippen molar-refractivity contribution < 1.29 is 23.4 Å². The second-order valence-electron chi connectivity index (χ2n) is 8.01. The van der Waals surface area contributed by atoms with Gasteiger partial charge < -0.3 is 20.0 Å². The maximum atomic E-state index is 13.1. The van der Waals surface area contributed by atoms with Gasteiger partial charge in [-0.05, 0) is 24.3 Å². The van der Waals surface area contributed by atoms with E-state index in [0.717, 1.165) is 25.2 Å². The summed E-state index contributed by atoms with van der Waals surface area (Å²) in [5, 5.41) is 24.9. The van der Waals surface area contributed by atoms with Crippen molar-refractivity contribution in [1.82, 2.24) is 10.2 Å². The lowest BCUT2D eigenvalue weighted by Crippen LogP contribution is -2.48. The predicted molar refractivity (Wildman–Crippen MR) is 126 cm³/mol. The SMILES string of the molecule is CC(=O)N1CCN(c2ccc(F)cc2[N+](=O)[O-])CC1.O=[N+]([O-])c1cc(F)ccc1N1CCNCC1. The molecule has 2 saturated heterocycles. The van der Waals surface area contributed by atoms with Crippen LogP contribution in [0.3, 0.4) is 0 Å². The number of piperazine rings is 2. The number of nitrogens with one attached hydrogen (secondary N) is 1. The van der Waals surface area contributed by atoms with Crippen LogP contribution in [0.25, 0.3) is 0 Å². The molecule has 0 atom stereocenters. The van der Waals surface area contributed by atoms with Crippen molar-refractivity contribution in [1.29, 1.82) is 0 Å². The summed E-state index contributed by atoms with van der Waals surface area (Å²) in [7, 11) is 0. The number of amides is 1. The van der Waals surface area contributed by atoms with Crippen LogP contribution in [-0.4, -0.2) is 73.0 Å². The summed E-state index contributed by atoms with van der Waals surface area (Å²) in [4.78, 5) is 37.2. The molecule has 0 radical (unpaired) electrons. The smallest absolute Gasteiger partial charge is 0.295 e. The van der Waals surface area contributed by atoms with E-state index < -0.39 is 21.5 Å². The number of rotatable bonds is 4. The van der Waals surface area contributed by atoms with Gasteiger partial charge in [-0.1, -0.05) is 0 Å². The average Bonchev–Trinajstić information content (AvgIpc) is 2.85. The zero-order valence-corrected chi connectivity index (χ0v) is 19.2. The van der Waals surface area contributed by atoms with E-state index >= 15 is 0 Å². The second kappa shape index (κ2) is 11.5. The number of carbonyl (C=O) groups is 1. The molecule has 4 rings (SSSR count).